The first-order valence-corrected chi connectivity index (χ1v) is 6.56. The SMILES string of the molecule is Cc1ccccc1-c1ccc(NCCC(C)N)nn1. The maximum absolute atomic E-state index is 5.70. The molecule has 1 heterocycles. The summed E-state index contributed by atoms with van der Waals surface area (Å²) < 4.78 is 0. The van der Waals surface area contributed by atoms with E-state index in [0.717, 1.165) is 30.0 Å². The molecule has 0 aliphatic carbocycles. The van der Waals surface area contributed by atoms with Gasteiger partial charge in [0.05, 0.1) is 5.69 Å². The van der Waals surface area contributed by atoms with Crippen molar-refractivity contribution in [3.63, 3.8) is 0 Å². The second-order valence-corrected chi connectivity index (χ2v) is 4.81. The number of hydrogen-bond acceptors (Lipinski definition) is 4. The Hall–Kier alpha value is -1.94. The molecule has 0 spiro atoms. The second-order valence-electron chi connectivity index (χ2n) is 4.81. The average molecular weight is 256 g/mol. The average Bonchev–Trinajstić information content (AvgIpc) is 2.40. The molecule has 4 nitrogen and oxygen atoms in total. The summed E-state index contributed by atoms with van der Waals surface area (Å²) in [5.74, 6) is 0.790. The number of nitrogens with zero attached hydrogens (tertiary/aromatic N) is 2. The summed E-state index contributed by atoms with van der Waals surface area (Å²) in [6, 6.07) is 12.3. The van der Waals surface area contributed by atoms with Gasteiger partial charge in [-0.2, -0.15) is 0 Å². The van der Waals surface area contributed by atoms with Crippen molar-refractivity contribution in [2.24, 2.45) is 5.73 Å². The van der Waals surface area contributed by atoms with Crippen molar-refractivity contribution < 1.29 is 0 Å². The Morgan fingerprint density at radius 2 is 1.95 bits per heavy atom. The van der Waals surface area contributed by atoms with Gasteiger partial charge in [0.25, 0.3) is 0 Å². The van der Waals surface area contributed by atoms with Gasteiger partial charge in [-0.15, -0.1) is 10.2 Å². The number of anilines is 1. The van der Waals surface area contributed by atoms with E-state index in [0.29, 0.717) is 0 Å². The van der Waals surface area contributed by atoms with Crippen molar-refractivity contribution in [1.82, 2.24) is 10.2 Å². The molecule has 0 fully saturated rings. The lowest BCUT2D eigenvalue weighted by molar-refractivity contribution is 0.688. The fourth-order valence-corrected chi connectivity index (χ4v) is 1.86. The highest BCUT2D eigenvalue weighted by molar-refractivity contribution is 5.63. The number of hydrogen-bond donors (Lipinski definition) is 2. The van der Waals surface area contributed by atoms with Gasteiger partial charge in [-0.1, -0.05) is 24.3 Å². The maximum atomic E-state index is 5.70. The van der Waals surface area contributed by atoms with Crippen molar-refractivity contribution >= 4 is 5.82 Å². The van der Waals surface area contributed by atoms with Crippen LogP contribution in [0.4, 0.5) is 5.82 Å². The van der Waals surface area contributed by atoms with E-state index in [1.54, 1.807) is 0 Å². The predicted octanol–water partition coefficient (Wildman–Crippen LogP) is 2.60. The van der Waals surface area contributed by atoms with Crippen LogP contribution in [-0.4, -0.2) is 22.8 Å². The molecule has 3 N–H and O–H groups in total. The van der Waals surface area contributed by atoms with Gasteiger partial charge in [-0.25, -0.2) is 0 Å². The molecule has 1 atom stereocenters. The second kappa shape index (κ2) is 6.29. The van der Waals surface area contributed by atoms with E-state index in [-0.39, 0.29) is 6.04 Å². The molecule has 2 rings (SSSR count). The molecule has 100 valence electrons. The summed E-state index contributed by atoms with van der Waals surface area (Å²) >= 11 is 0. The van der Waals surface area contributed by atoms with E-state index in [9.17, 15) is 0 Å². The monoisotopic (exact) mass is 256 g/mol. The van der Waals surface area contributed by atoms with Crippen LogP contribution < -0.4 is 11.1 Å². The van der Waals surface area contributed by atoms with Crippen LogP contribution in [0.2, 0.25) is 0 Å². The summed E-state index contributed by atoms with van der Waals surface area (Å²) in [6.45, 7) is 4.89. The fraction of sp³-hybridized carbons (Fsp3) is 0.333. The van der Waals surface area contributed by atoms with Crippen LogP contribution in [0, 0.1) is 6.92 Å². The van der Waals surface area contributed by atoms with E-state index in [1.165, 1.54) is 5.56 Å². The number of aromatic nitrogens is 2. The smallest absolute Gasteiger partial charge is 0.148 e. The van der Waals surface area contributed by atoms with Crippen molar-refractivity contribution in [3.8, 4) is 11.3 Å². The lowest BCUT2D eigenvalue weighted by Gasteiger charge is -2.08. The molecule has 0 bridgehead atoms. The van der Waals surface area contributed by atoms with E-state index in [2.05, 4.69) is 34.6 Å². The minimum atomic E-state index is 0.201. The Kier molecular flexibility index (Phi) is 4.47. The van der Waals surface area contributed by atoms with Gasteiger partial charge in [0.1, 0.15) is 5.82 Å². The molecule has 2 aromatic rings. The highest BCUT2D eigenvalue weighted by Gasteiger charge is 2.03. The van der Waals surface area contributed by atoms with Crippen LogP contribution >= 0.6 is 0 Å². The molecule has 4 heteroatoms. The van der Waals surface area contributed by atoms with Crippen molar-refractivity contribution in [2.45, 2.75) is 26.3 Å². The van der Waals surface area contributed by atoms with Crippen LogP contribution in [0.25, 0.3) is 11.3 Å². The topological polar surface area (TPSA) is 63.8 Å². The summed E-state index contributed by atoms with van der Waals surface area (Å²) in [5, 5.41) is 11.7. The van der Waals surface area contributed by atoms with E-state index in [1.807, 2.05) is 31.2 Å². The van der Waals surface area contributed by atoms with Gasteiger partial charge in [0.2, 0.25) is 0 Å². The Morgan fingerprint density at radius 1 is 1.16 bits per heavy atom. The zero-order chi connectivity index (χ0) is 13.7. The Bertz CT molecular complexity index is 520. The third-order valence-corrected chi connectivity index (χ3v) is 2.99. The third-order valence-electron chi connectivity index (χ3n) is 2.99. The van der Waals surface area contributed by atoms with E-state index in [4.69, 9.17) is 5.73 Å². The minimum Gasteiger partial charge on any atom is -0.369 e. The maximum Gasteiger partial charge on any atom is 0.148 e. The Balaban J connectivity index is 2.04. The lowest BCUT2D eigenvalue weighted by Crippen LogP contribution is -2.19. The molecular weight excluding hydrogens is 236 g/mol. The van der Waals surface area contributed by atoms with Gasteiger partial charge in [-0.05, 0) is 38.0 Å². The fourth-order valence-electron chi connectivity index (χ4n) is 1.86. The summed E-state index contributed by atoms with van der Waals surface area (Å²) in [6.07, 6.45) is 0.918. The summed E-state index contributed by atoms with van der Waals surface area (Å²) in [4.78, 5) is 0. The highest BCUT2D eigenvalue weighted by Crippen LogP contribution is 2.20. The molecule has 1 aromatic heterocycles. The first-order chi connectivity index (χ1) is 9.16. The number of rotatable bonds is 5. The molecule has 19 heavy (non-hydrogen) atoms. The van der Waals surface area contributed by atoms with Crippen LogP contribution in [0.15, 0.2) is 36.4 Å². The number of benzene rings is 1. The number of nitrogens with two attached hydrogens (primary N) is 1. The molecule has 0 saturated carbocycles. The molecule has 1 aromatic carbocycles. The molecule has 0 radical (unpaired) electrons. The molecule has 1 unspecified atom stereocenters. The zero-order valence-electron chi connectivity index (χ0n) is 11.4. The Morgan fingerprint density at radius 3 is 2.58 bits per heavy atom. The van der Waals surface area contributed by atoms with E-state index < -0.39 is 0 Å². The Labute approximate surface area is 114 Å². The zero-order valence-corrected chi connectivity index (χ0v) is 11.4. The van der Waals surface area contributed by atoms with Crippen LogP contribution in [0.5, 0.6) is 0 Å². The van der Waals surface area contributed by atoms with Gasteiger partial charge >= 0.3 is 0 Å². The molecular formula is C15H20N4. The minimum absolute atomic E-state index is 0.201. The summed E-state index contributed by atoms with van der Waals surface area (Å²) in [7, 11) is 0. The van der Waals surface area contributed by atoms with Gasteiger partial charge in [-0.3, -0.25) is 0 Å². The molecule has 0 amide bonds. The number of aryl methyl sites for hydroxylation is 1. The van der Waals surface area contributed by atoms with Gasteiger partial charge in [0.15, 0.2) is 0 Å². The molecule has 0 saturated heterocycles. The van der Waals surface area contributed by atoms with Crippen LogP contribution in [-0.2, 0) is 0 Å². The van der Waals surface area contributed by atoms with Crippen molar-refractivity contribution in [3.05, 3.63) is 42.0 Å². The highest BCUT2D eigenvalue weighted by atomic mass is 15.2. The van der Waals surface area contributed by atoms with Crippen LogP contribution in [0.1, 0.15) is 18.9 Å². The van der Waals surface area contributed by atoms with Crippen molar-refractivity contribution in [2.75, 3.05) is 11.9 Å². The first kappa shape index (κ1) is 13.5. The molecule has 0 aliphatic heterocycles. The third kappa shape index (κ3) is 3.76. The largest absolute Gasteiger partial charge is 0.369 e. The van der Waals surface area contributed by atoms with Crippen molar-refractivity contribution in [1.29, 1.82) is 0 Å². The number of nitrogens with one attached hydrogen (secondary N) is 1. The molecule has 0 aliphatic rings. The standard InChI is InChI=1S/C15H20N4/c1-11-5-3-4-6-13(11)14-7-8-15(19-18-14)17-10-9-12(2)16/h3-8,12H,9-10,16H2,1-2H3,(H,17,19). The van der Waals surface area contributed by atoms with E-state index >= 15 is 0 Å². The van der Waals surface area contributed by atoms with Gasteiger partial charge in [0, 0.05) is 18.2 Å². The van der Waals surface area contributed by atoms with Gasteiger partial charge < -0.3 is 11.1 Å². The lowest BCUT2D eigenvalue weighted by atomic mass is 10.1. The first-order valence-electron chi connectivity index (χ1n) is 6.56. The summed E-state index contributed by atoms with van der Waals surface area (Å²) in [5.41, 5.74) is 8.92. The quantitative estimate of drug-likeness (QED) is 0.863. The predicted molar refractivity (Wildman–Crippen MR) is 79.0 cm³/mol. The van der Waals surface area contributed by atoms with Crippen LogP contribution in [0.3, 0.4) is 0 Å². The normalized spacial score (nSPS) is 12.2.